The van der Waals surface area contributed by atoms with E-state index in [1.165, 1.54) is 43.4 Å². The van der Waals surface area contributed by atoms with Crippen molar-refractivity contribution >= 4 is 65.4 Å². The van der Waals surface area contributed by atoms with Gasteiger partial charge in [0.15, 0.2) is 5.82 Å². The first-order valence-corrected chi connectivity index (χ1v) is 17.7. The number of nitrogens with zero attached hydrogens (tertiary/aromatic N) is 4. The van der Waals surface area contributed by atoms with Crippen LogP contribution in [0.15, 0.2) is 182 Å². The van der Waals surface area contributed by atoms with Gasteiger partial charge in [-0.25, -0.2) is 9.97 Å². The van der Waals surface area contributed by atoms with Gasteiger partial charge in [0, 0.05) is 32.8 Å². The predicted octanol–water partition coefficient (Wildman–Crippen LogP) is 12.3. The lowest BCUT2D eigenvalue weighted by Crippen LogP contribution is -2.05. The maximum Gasteiger partial charge on any atom is 0.165 e. The van der Waals surface area contributed by atoms with Crippen molar-refractivity contribution in [3.63, 3.8) is 0 Å². The molecule has 0 atom stereocenters. The number of fused-ring (bicyclic) bond motifs is 9. The van der Waals surface area contributed by atoms with Gasteiger partial charge in [0.25, 0.3) is 0 Å². The highest BCUT2D eigenvalue weighted by Crippen LogP contribution is 2.42. The summed E-state index contributed by atoms with van der Waals surface area (Å²) in [4.78, 5) is 10.9. The van der Waals surface area contributed by atoms with Crippen molar-refractivity contribution in [3.8, 4) is 33.9 Å². The average Bonchev–Trinajstić information content (AvgIpc) is 3.73. The van der Waals surface area contributed by atoms with Crippen LogP contribution in [0, 0.1) is 0 Å². The Bertz CT molecular complexity index is 3130. The Hall–Kier alpha value is -7.04. The van der Waals surface area contributed by atoms with Crippen LogP contribution in [0.3, 0.4) is 0 Å². The summed E-state index contributed by atoms with van der Waals surface area (Å²) in [6, 6.07) is 64.8. The molecule has 0 unspecified atom stereocenters. The summed E-state index contributed by atoms with van der Waals surface area (Å²) in [6.07, 6.45) is 0. The van der Waals surface area contributed by atoms with Gasteiger partial charge in [0.05, 0.1) is 33.1 Å². The van der Waals surface area contributed by atoms with Crippen molar-refractivity contribution in [2.24, 2.45) is 0 Å². The lowest BCUT2D eigenvalue weighted by molar-refractivity contribution is 1.08. The van der Waals surface area contributed by atoms with Crippen molar-refractivity contribution in [1.82, 2.24) is 19.1 Å². The third kappa shape index (κ3) is 4.21. The van der Waals surface area contributed by atoms with Crippen molar-refractivity contribution in [3.05, 3.63) is 182 Å². The molecule has 4 heteroatoms. The molecule has 0 aliphatic heterocycles. The standard InChI is InChI=1S/C48H30N4/c1-2-14-31(15-3-1)34-17-6-7-21-38(34)47-48(50-41-23-11-10-22-40(41)49-47)52-44-29-26-32-16-4-5-18-35(32)46(44)39-28-27-33(30-45(39)52)51-42-24-12-8-19-36(42)37-20-9-13-25-43(37)51/h1-30H. The normalized spacial score (nSPS) is 11.8. The number of para-hydroxylation sites is 4. The molecule has 0 radical (unpaired) electrons. The molecule has 0 saturated heterocycles. The van der Waals surface area contributed by atoms with E-state index < -0.39 is 0 Å². The number of aromatic nitrogens is 4. The van der Waals surface area contributed by atoms with Gasteiger partial charge in [0.1, 0.15) is 5.69 Å². The van der Waals surface area contributed by atoms with Gasteiger partial charge in [-0.1, -0.05) is 140 Å². The van der Waals surface area contributed by atoms with Gasteiger partial charge in [-0.3, -0.25) is 4.57 Å². The van der Waals surface area contributed by atoms with E-state index >= 15 is 0 Å². The highest BCUT2D eigenvalue weighted by Gasteiger charge is 2.23. The lowest BCUT2D eigenvalue weighted by atomic mass is 9.97. The molecule has 242 valence electrons. The third-order valence-corrected chi connectivity index (χ3v) is 10.5. The third-order valence-electron chi connectivity index (χ3n) is 10.5. The molecule has 52 heavy (non-hydrogen) atoms. The Morgan fingerprint density at radius 3 is 1.75 bits per heavy atom. The fraction of sp³-hybridized carbons (Fsp3) is 0. The van der Waals surface area contributed by atoms with Gasteiger partial charge in [-0.15, -0.1) is 0 Å². The first kappa shape index (κ1) is 28.8. The molecule has 0 saturated carbocycles. The lowest BCUT2D eigenvalue weighted by Gasteiger charge is -2.17. The molecule has 11 rings (SSSR count). The van der Waals surface area contributed by atoms with Crippen molar-refractivity contribution < 1.29 is 0 Å². The summed E-state index contributed by atoms with van der Waals surface area (Å²) < 4.78 is 4.74. The van der Waals surface area contributed by atoms with E-state index in [1.54, 1.807) is 0 Å². The minimum atomic E-state index is 0.803. The molecule has 0 bridgehead atoms. The van der Waals surface area contributed by atoms with E-state index in [9.17, 15) is 0 Å². The Morgan fingerprint density at radius 1 is 0.365 bits per heavy atom. The smallest absolute Gasteiger partial charge is 0.165 e. The molecule has 0 aliphatic rings. The zero-order chi connectivity index (χ0) is 34.2. The Morgan fingerprint density at radius 2 is 0.981 bits per heavy atom. The minimum Gasteiger partial charge on any atom is -0.309 e. The van der Waals surface area contributed by atoms with Gasteiger partial charge in [-0.05, 0) is 64.4 Å². The molecule has 3 heterocycles. The number of benzene rings is 8. The van der Waals surface area contributed by atoms with Crippen molar-refractivity contribution in [1.29, 1.82) is 0 Å². The number of hydrogen-bond donors (Lipinski definition) is 0. The molecule has 4 nitrogen and oxygen atoms in total. The second-order valence-electron chi connectivity index (χ2n) is 13.4. The van der Waals surface area contributed by atoms with Crippen molar-refractivity contribution in [2.75, 3.05) is 0 Å². The van der Waals surface area contributed by atoms with Crippen LogP contribution in [-0.2, 0) is 0 Å². The van der Waals surface area contributed by atoms with Gasteiger partial charge in [0.2, 0.25) is 0 Å². The summed E-state index contributed by atoms with van der Waals surface area (Å²) in [5.41, 5.74) is 11.5. The van der Waals surface area contributed by atoms with E-state index in [-0.39, 0.29) is 0 Å². The quantitative estimate of drug-likeness (QED) is 0.188. The molecule has 8 aromatic carbocycles. The van der Waals surface area contributed by atoms with Crippen LogP contribution in [-0.4, -0.2) is 19.1 Å². The van der Waals surface area contributed by atoms with Crippen LogP contribution >= 0.6 is 0 Å². The maximum atomic E-state index is 5.50. The Labute approximate surface area is 299 Å². The molecule has 3 aromatic heterocycles. The molecule has 0 N–H and O–H groups in total. The predicted molar refractivity (Wildman–Crippen MR) is 217 cm³/mol. The fourth-order valence-corrected chi connectivity index (χ4v) is 8.23. The molecular weight excluding hydrogens is 633 g/mol. The van der Waals surface area contributed by atoms with E-state index in [1.807, 2.05) is 12.1 Å². The van der Waals surface area contributed by atoms with E-state index in [2.05, 4.69) is 179 Å². The second kappa shape index (κ2) is 11.2. The molecular formula is C48H30N4. The highest BCUT2D eigenvalue weighted by atomic mass is 15.1. The molecule has 0 spiro atoms. The first-order chi connectivity index (χ1) is 25.8. The zero-order valence-electron chi connectivity index (χ0n) is 28.1. The van der Waals surface area contributed by atoms with E-state index in [4.69, 9.17) is 9.97 Å². The molecule has 0 aliphatic carbocycles. The fourth-order valence-electron chi connectivity index (χ4n) is 8.23. The van der Waals surface area contributed by atoms with Crippen LogP contribution < -0.4 is 0 Å². The SMILES string of the molecule is c1ccc(-c2ccccc2-c2nc3ccccc3nc2-n2c3cc(-n4c5ccccc5c5ccccc54)ccc3c3c4ccccc4ccc32)cc1. The number of hydrogen-bond acceptors (Lipinski definition) is 2. The highest BCUT2D eigenvalue weighted by molar-refractivity contribution is 6.22. The summed E-state index contributed by atoms with van der Waals surface area (Å²) in [5, 5.41) is 7.29. The average molecular weight is 663 g/mol. The molecule has 0 amide bonds. The van der Waals surface area contributed by atoms with Crippen molar-refractivity contribution in [2.45, 2.75) is 0 Å². The van der Waals surface area contributed by atoms with Crippen LogP contribution in [0.25, 0.3) is 99.3 Å². The largest absolute Gasteiger partial charge is 0.309 e. The Kier molecular flexibility index (Phi) is 6.22. The number of rotatable bonds is 4. The summed E-state index contributed by atoms with van der Waals surface area (Å²) >= 11 is 0. The Balaban J connectivity index is 1.30. The summed E-state index contributed by atoms with van der Waals surface area (Å²) in [7, 11) is 0. The summed E-state index contributed by atoms with van der Waals surface area (Å²) in [6.45, 7) is 0. The van der Waals surface area contributed by atoms with E-state index in [0.29, 0.717) is 0 Å². The first-order valence-electron chi connectivity index (χ1n) is 17.7. The zero-order valence-corrected chi connectivity index (χ0v) is 28.1. The van der Waals surface area contributed by atoms with Crippen LogP contribution in [0.5, 0.6) is 0 Å². The van der Waals surface area contributed by atoms with Gasteiger partial charge in [-0.2, -0.15) is 0 Å². The van der Waals surface area contributed by atoms with Crippen LogP contribution in [0.2, 0.25) is 0 Å². The molecule has 0 fully saturated rings. The maximum absolute atomic E-state index is 5.50. The second-order valence-corrected chi connectivity index (χ2v) is 13.4. The van der Waals surface area contributed by atoms with E-state index in [0.717, 1.165) is 56.0 Å². The molecule has 11 aromatic rings. The van der Waals surface area contributed by atoms with Crippen LogP contribution in [0.1, 0.15) is 0 Å². The van der Waals surface area contributed by atoms with Gasteiger partial charge < -0.3 is 4.57 Å². The topological polar surface area (TPSA) is 35.6 Å². The minimum absolute atomic E-state index is 0.803. The van der Waals surface area contributed by atoms with Crippen LogP contribution in [0.4, 0.5) is 0 Å². The summed E-state index contributed by atoms with van der Waals surface area (Å²) in [5.74, 6) is 0.803. The monoisotopic (exact) mass is 662 g/mol. The van der Waals surface area contributed by atoms with Gasteiger partial charge >= 0.3 is 0 Å².